The number of piperidine rings is 1. The predicted molar refractivity (Wildman–Crippen MR) is 157 cm³/mol. The van der Waals surface area contributed by atoms with Crippen LogP contribution in [0, 0.1) is 11.3 Å². The van der Waals surface area contributed by atoms with E-state index < -0.39 is 7.14 Å². The Morgan fingerprint density at radius 2 is 1.78 bits per heavy atom. The number of nitrogens with zero attached hydrogens (tertiary/aromatic N) is 3. The Labute approximate surface area is 229 Å². The SMILES string of the molecule is CCC1CC2(CCN(c3ccc(Nc4ncc(Cl)c(Nc5ccccc5P(C)(C)=O)n4)cc3Cl)CC2)C1. The van der Waals surface area contributed by atoms with Crippen LogP contribution in [0.4, 0.5) is 28.8 Å². The number of rotatable bonds is 7. The maximum atomic E-state index is 12.7. The summed E-state index contributed by atoms with van der Waals surface area (Å²) in [5, 5.41) is 8.29. The summed E-state index contributed by atoms with van der Waals surface area (Å²) in [5.74, 6) is 1.76. The number of nitrogens with one attached hydrogen (secondary N) is 2. The third kappa shape index (κ3) is 5.77. The van der Waals surface area contributed by atoms with Crippen LogP contribution in [-0.4, -0.2) is 36.4 Å². The number of hydrogen-bond donors (Lipinski definition) is 2. The smallest absolute Gasteiger partial charge is 0.229 e. The van der Waals surface area contributed by atoms with Gasteiger partial charge in [-0.05, 0) is 80.7 Å². The summed E-state index contributed by atoms with van der Waals surface area (Å²) < 4.78 is 12.7. The van der Waals surface area contributed by atoms with Gasteiger partial charge in [-0.15, -0.1) is 0 Å². The number of aromatic nitrogens is 2. The number of hydrogen-bond acceptors (Lipinski definition) is 6. The molecule has 9 heteroatoms. The van der Waals surface area contributed by atoms with E-state index in [1.807, 2.05) is 36.4 Å². The summed E-state index contributed by atoms with van der Waals surface area (Å²) >= 11 is 13.1. The molecule has 37 heavy (non-hydrogen) atoms. The molecule has 1 aromatic heterocycles. The monoisotopic (exact) mass is 557 g/mol. The third-order valence-electron chi connectivity index (χ3n) is 7.87. The predicted octanol–water partition coefficient (Wildman–Crippen LogP) is 7.93. The molecule has 0 atom stereocenters. The molecule has 2 heterocycles. The minimum atomic E-state index is -2.49. The largest absolute Gasteiger partial charge is 0.370 e. The van der Waals surface area contributed by atoms with Crippen LogP contribution >= 0.6 is 30.3 Å². The standard InChI is InChI=1S/C28H34Cl2N5OP/c1-4-19-16-28(17-19)11-13-35(14-12-28)24-10-9-20(15-21(24)29)32-27-31-18-22(30)26(34-27)33-23-7-5-6-8-25(23)37(2,3)36/h5-10,15,18-19H,4,11-14,16-17H2,1-3H3,(H2,31,32,33,34). The Balaban J connectivity index is 1.27. The second-order valence-electron chi connectivity index (χ2n) is 10.8. The first-order chi connectivity index (χ1) is 17.7. The van der Waals surface area contributed by atoms with Crippen LogP contribution in [0.2, 0.25) is 10.0 Å². The fourth-order valence-electron chi connectivity index (χ4n) is 5.75. The van der Waals surface area contributed by atoms with Gasteiger partial charge in [0.15, 0.2) is 5.82 Å². The summed E-state index contributed by atoms with van der Waals surface area (Å²) in [7, 11) is -2.49. The first-order valence-corrected chi connectivity index (χ1v) is 16.3. The Bertz CT molecular complexity index is 1330. The third-order valence-corrected chi connectivity index (χ3v) is 10.0. The van der Waals surface area contributed by atoms with Gasteiger partial charge in [0, 0.05) is 24.1 Å². The number of halogens is 2. The average Bonchev–Trinajstić information content (AvgIpc) is 2.84. The lowest BCUT2D eigenvalue weighted by atomic mass is 9.57. The molecule has 0 radical (unpaired) electrons. The highest BCUT2D eigenvalue weighted by atomic mass is 35.5. The minimum Gasteiger partial charge on any atom is -0.370 e. The molecule has 1 spiro atoms. The highest BCUT2D eigenvalue weighted by molar-refractivity contribution is 7.70. The van der Waals surface area contributed by atoms with Crippen molar-refractivity contribution in [3.63, 3.8) is 0 Å². The normalized spacial score (nSPS) is 17.5. The van der Waals surface area contributed by atoms with Crippen LogP contribution in [0.5, 0.6) is 0 Å². The van der Waals surface area contributed by atoms with Gasteiger partial charge in [0.25, 0.3) is 0 Å². The molecular formula is C28H34Cl2N5OP. The van der Waals surface area contributed by atoms with Crippen molar-refractivity contribution in [1.29, 1.82) is 0 Å². The molecule has 0 unspecified atom stereocenters. The van der Waals surface area contributed by atoms with Crippen molar-refractivity contribution in [2.45, 2.75) is 39.0 Å². The summed E-state index contributed by atoms with van der Waals surface area (Å²) in [6, 6.07) is 13.5. The fourth-order valence-corrected chi connectivity index (χ4v) is 7.34. The van der Waals surface area contributed by atoms with Crippen molar-refractivity contribution in [2.75, 3.05) is 42.0 Å². The number of benzene rings is 2. The Kier molecular flexibility index (Phi) is 7.46. The van der Waals surface area contributed by atoms with Gasteiger partial charge in [-0.1, -0.05) is 48.7 Å². The first kappa shape index (κ1) is 26.3. The van der Waals surface area contributed by atoms with Crippen molar-refractivity contribution in [2.24, 2.45) is 11.3 Å². The zero-order valence-electron chi connectivity index (χ0n) is 21.6. The Morgan fingerprint density at radius 1 is 1.05 bits per heavy atom. The molecule has 196 valence electrons. The van der Waals surface area contributed by atoms with Crippen molar-refractivity contribution in [3.8, 4) is 0 Å². The van der Waals surface area contributed by atoms with Gasteiger partial charge in [0.05, 0.1) is 22.6 Å². The fraction of sp³-hybridized carbons (Fsp3) is 0.429. The highest BCUT2D eigenvalue weighted by Gasteiger charge is 2.44. The zero-order chi connectivity index (χ0) is 26.2. The van der Waals surface area contributed by atoms with Gasteiger partial charge in [0.2, 0.25) is 5.95 Å². The molecule has 3 aromatic rings. The molecule has 5 rings (SSSR count). The van der Waals surface area contributed by atoms with Gasteiger partial charge >= 0.3 is 0 Å². The van der Waals surface area contributed by atoms with E-state index in [1.165, 1.54) is 32.1 Å². The van der Waals surface area contributed by atoms with Gasteiger partial charge < -0.3 is 20.1 Å². The van der Waals surface area contributed by atoms with Gasteiger partial charge in [0.1, 0.15) is 12.2 Å². The topological polar surface area (TPSA) is 70.2 Å². The van der Waals surface area contributed by atoms with E-state index in [2.05, 4.69) is 38.5 Å². The summed E-state index contributed by atoms with van der Waals surface area (Å²) in [6.07, 6.45) is 8.16. The molecule has 1 saturated heterocycles. The molecule has 2 aromatic carbocycles. The summed E-state index contributed by atoms with van der Waals surface area (Å²) in [5.41, 5.74) is 3.17. The lowest BCUT2D eigenvalue weighted by Gasteiger charge is -2.52. The molecule has 1 saturated carbocycles. The first-order valence-electron chi connectivity index (χ1n) is 12.9. The van der Waals surface area contributed by atoms with Crippen LogP contribution in [-0.2, 0) is 4.57 Å². The van der Waals surface area contributed by atoms with Gasteiger partial charge in [-0.2, -0.15) is 4.98 Å². The molecule has 1 aliphatic heterocycles. The second kappa shape index (κ2) is 10.5. The van der Waals surface area contributed by atoms with E-state index in [0.29, 0.717) is 32.9 Å². The average molecular weight is 558 g/mol. The maximum absolute atomic E-state index is 12.7. The van der Waals surface area contributed by atoms with Crippen LogP contribution in [0.1, 0.15) is 39.0 Å². The minimum absolute atomic E-state index is 0.371. The Morgan fingerprint density at radius 3 is 2.46 bits per heavy atom. The van der Waals surface area contributed by atoms with Gasteiger partial charge in [-0.3, -0.25) is 0 Å². The van der Waals surface area contributed by atoms with Crippen molar-refractivity contribution in [3.05, 3.63) is 58.7 Å². The van der Waals surface area contributed by atoms with E-state index in [4.69, 9.17) is 23.2 Å². The molecule has 2 fully saturated rings. The molecule has 1 aliphatic carbocycles. The molecule has 0 bridgehead atoms. The summed E-state index contributed by atoms with van der Waals surface area (Å²) in [4.78, 5) is 11.3. The molecule has 6 nitrogen and oxygen atoms in total. The van der Waals surface area contributed by atoms with Crippen molar-refractivity contribution in [1.82, 2.24) is 9.97 Å². The van der Waals surface area contributed by atoms with E-state index in [9.17, 15) is 4.57 Å². The second-order valence-corrected chi connectivity index (χ2v) is 14.8. The van der Waals surface area contributed by atoms with E-state index >= 15 is 0 Å². The van der Waals surface area contributed by atoms with Crippen molar-refractivity contribution >= 4 is 64.5 Å². The van der Waals surface area contributed by atoms with Crippen LogP contribution in [0.25, 0.3) is 0 Å². The van der Waals surface area contributed by atoms with Crippen LogP contribution in [0.15, 0.2) is 48.7 Å². The summed E-state index contributed by atoms with van der Waals surface area (Å²) in [6.45, 7) is 7.91. The lowest BCUT2D eigenvalue weighted by molar-refractivity contribution is 0.0262. The molecular weight excluding hydrogens is 524 g/mol. The van der Waals surface area contributed by atoms with E-state index in [0.717, 1.165) is 35.7 Å². The number of anilines is 5. The molecule has 0 amide bonds. The van der Waals surface area contributed by atoms with E-state index in [-0.39, 0.29) is 0 Å². The Hall–Kier alpha value is -2.27. The van der Waals surface area contributed by atoms with Crippen molar-refractivity contribution < 1.29 is 4.57 Å². The van der Waals surface area contributed by atoms with E-state index in [1.54, 1.807) is 19.5 Å². The quantitative estimate of drug-likeness (QED) is 0.287. The van der Waals surface area contributed by atoms with Crippen LogP contribution < -0.4 is 20.8 Å². The molecule has 2 N–H and O–H groups in total. The maximum Gasteiger partial charge on any atom is 0.229 e. The lowest BCUT2D eigenvalue weighted by Crippen LogP contribution is -2.47. The van der Waals surface area contributed by atoms with Gasteiger partial charge in [-0.25, -0.2) is 4.98 Å². The highest BCUT2D eigenvalue weighted by Crippen LogP contribution is 2.54. The number of para-hydroxylation sites is 1. The molecule has 2 aliphatic rings. The van der Waals surface area contributed by atoms with Crippen LogP contribution in [0.3, 0.4) is 0 Å². The zero-order valence-corrected chi connectivity index (χ0v) is 24.0.